The Morgan fingerprint density at radius 2 is 0.792 bits per heavy atom. The molecule has 0 spiro atoms. The molecule has 0 aliphatic heterocycles. The van der Waals surface area contributed by atoms with Crippen molar-refractivity contribution in [2.24, 2.45) is 0 Å². The van der Waals surface area contributed by atoms with E-state index in [0.29, 0.717) is 11.5 Å². The number of hydrogen-bond acceptors (Lipinski definition) is 2. The highest BCUT2D eigenvalue weighted by atomic mass is 79.9. The van der Waals surface area contributed by atoms with E-state index in [1.165, 1.54) is 0 Å². The first-order chi connectivity index (χ1) is 11.0. The summed E-state index contributed by atoms with van der Waals surface area (Å²) in [5.74, 6) is 0.607. The van der Waals surface area contributed by atoms with Crippen LogP contribution in [0.3, 0.4) is 0 Å². The van der Waals surface area contributed by atoms with E-state index in [1.807, 2.05) is 27.7 Å². The quantitative estimate of drug-likeness (QED) is 0.382. The highest BCUT2D eigenvalue weighted by Crippen LogP contribution is 2.49. The first kappa shape index (κ1) is 20.3. The SMILES string of the molecule is Cc1c(O)c(C)c(Br)c(C(C)c2c(Br)c(C)c(O)c(C)c2Br)c1Br. The third-order valence-corrected chi connectivity index (χ3v) is 8.64. The minimum atomic E-state index is 0.0218. The van der Waals surface area contributed by atoms with Gasteiger partial charge in [-0.1, -0.05) is 70.6 Å². The molecular formula is C18H18Br4O2. The summed E-state index contributed by atoms with van der Waals surface area (Å²) in [6.45, 7) is 9.69. The van der Waals surface area contributed by atoms with Gasteiger partial charge in [-0.25, -0.2) is 0 Å². The lowest BCUT2D eigenvalue weighted by Crippen LogP contribution is -2.06. The number of phenolic OH excluding ortho intramolecular Hbond substituents is 2. The molecule has 0 saturated heterocycles. The van der Waals surface area contributed by atoms with E-state index in [1.54, 1.807) is 0 Å². The Morgan fingerprint density at radius 3 is 1.00 bits per heavy atom. The van der Waals surface area contributed by atoms with Gasteiger partial charge in [0.2, 0.25) is 0 Å². The lowest BCUT2D eigenvalue weighted by Gasteiger charge is -2.24. The van der Waals surface area contributed by atoms with Crippen molar-refractivity contribution in [3.8, 4) is 11.5 Å². The van der Waals surface area contributed by atoms with Gasteiger partial charge in [0.05, 0.1) is 0 Å². The van der Waals surface area contributed by atoms with Crippen LogP contribution in [0.4, 0.5) is 0 Å². The van der Waals surface area contributed by atoms with Crippen LogP contribution in [-0.4, -0.2) is 10.2 Å². The number of hydrogen-bond donors (Lipinski definition) is 2. The van der Waals surface area contributed by atoms with Crippen molar-refractivity contribution in [1.29, 1.82) is 0 Å². The molecule has 0 amide bonds. The number of phenols is 2. The normalized spacial score (nSPS) is 11.4. The summed E-state index contributed by atoms with van der Waals surface area (Å²) in [5, 5.41) is 20.5. The van der Waals surface area contributed by atoms with Crippen molar-refractivity contribution >= 4 is 63.7 Å². The fraction of sp³-hybridized carbons (Fsp3) is 0.333. The van der Waals surface area contributed by atoms with E-state index >= 15 is 0 Å². The first-order valence-corrected chi connectivity index (χ1v) is 10.5. The van der Waals surface area contributed by atoms with Gasteiger partial charge >= 0.3 is 0 Å². The predicted octanol–water partition coefficient (Wildman–Crippen LogP) is 7.53. The standard InChI is InChI=1S/C18H18Br4O2/c1-6(11-13(19)7(2)17(23)8(3)14(11)20)12-15(21)9(4)18(24)10(5)16(12)22/h6,23-24H,1-5H3. The molecule has 130 valence electrons. The molecule has 0 saturated carbocycles. The van der Waals surface area contributed by atoms with Crippen LogP contribution in [0, 0.1) is 27.7 Å². The van der Waals surface area contributed by atoms with E-state index in [-0.39, 0.29) is 5.92 Å². The average Bonchev–Trinajstić information content (AvgIpc) is 2.55. The molecule has 0 aliphatic rings. The van der Waals surface area contributed by atoms with Gasteiger partial charge in [0.15, 0.2) is 0 Å². The average molecular weight is 586 g/mol. The van der Waals surface area contributed by atoms with Gasteiger partial charge in [0.1, 0.15) is 11.5 Å². The Kier molecular flexibility index (Phi) is 6.16. The molecular weight excluding hydrogens is 568 g/mol. The lowest BCUT2D eigenvalue weighted by atomic mass is 9.88. The summed E-state index contributed by atoms with van der Waals surface area (Å²) in [6.07, 6.45) is 0. The van der Waals surface area contributed by atoms with Crippen LogP contribution in [0.1, 0.15) is 46.2 Å². The summed E-state index contributed by atoms with van der Waals surface area (Å²) < 4.78 is 3.53. The van der Waals surface area contributed by atoms with Crippen molar-refractivity contribution < 1.29 is 10.2 Å². The van der Waals surface area contributed by atoms with Crippen LogP contribution in [-0.2, 0) is 0 Å². The van der Waals surface area contributed by atoms with Gasteiger partial charge in [-0.2, -0.15) is 0 Å². The number of rotatable bonds is 2. The molecule has 2 nitrogen and oxygen atoms in total. The second-order valence-corrected chi connectivity index (χ2v) is 9.17. The monoisotopic (exact) mass is 582 g/mol. The van der Waals surface area contributed by atoms with E-state index in [0.717, 1.165) is 51.3 Å². The highest BCUT2D eigenvalue weighted by Gasteiger charge is 2.27. The van der Waals surface area contributed by atoms with Crippen LogP contribution in [0.25, 0.3) is 0 Å². The topological polar surface area (TPSA) is 40.5 Å². The number of benzene rings is 2. The van der Waals surface area contributed by atoms with Crippen LogP contribution in [0.2, 0.25) is 0 Å². The van der Waals surface area contributed by atoms with E-state index in [4.69, 9.17) is 0 Å². The van der Waals surface area contributed by atoms with Gasteiger partial charge in [0.25, 0.3) is 0 Å². The lowest BCUT2D eigenvalue weighted by molar-refractivity contribution is 0.465. The molecule has 0 aliphatic carbocycles. The minimum absolute atomic E-state index is 0.0218. The molecule has 2 N–H and O–H groups in total. The van der Waals surface area contributed by atoms with Crippen molar-refractivity contribution in [3.05, 3.63) is 51.3 Å². The third-order valence-electron chi connectivity index (χ3n) is 4.55. The molecule has 2 rings (SSSR count). The predicted molar refractivity (Wildman–Crippen MR) is 113 cm³/mol. The third kappa shape index (κ3) is 3.08. The van der Waals surface area contributed by atoms with Gasteiger partial charge in [-0.3, -0.25) is 0 Å². The Hall–Kier alpha value is -0.0400. The fourth-order valence-electron chi connectivity index (χ4n) is 2.88. The summed E-state index contributed by atoms with van der Waals surface area (Å²) in [7, 11) is 0. The molecule has 0 fully saturated rings. The Bertz CT molecular complexity index is 716. The van der Waals surface area contributed by atoms with Gasteiger partial charge in [-0.15, -0.1) is 0 Å². The number of halogens is 4. The molecule has 0 atom stereocenters. The van der Waals surface area contributed by atoms with E-state index in [2.05, 4.69) is 70.6 Å². The molecule has 2 aromatic rings. The molecule has 0 aromatic heterocycles. The zero-order valence-corrected chi connectivity index (χ0v) is 20.3. The zero-order chi connectivity index (χ0) is 18.5. The largest absolute Gasteiger partial charge is 0.507 e. The molecule has 6 heteroatoms. The summed E-state index contributed by atoms with van der Waals surface area (Å²) in [6, 6.07) is 0. The van der Waals surface area contributed by atoms with Crippen molar-refractivity contribution in [2.75, 3.05) is 0 Å². The van der Waals surface area contributed by atoms with Gasteiger partial charge in [0, 0.05) is 46.1 Å². The Balaban J connectivity index is 2.84. The summed E-state index contributed by atoms with van der Waals surface area (Å²) in [4.78, 5) is 0. The Labute approximate surface area is 176 Å². The van der Waals surface area contributed by atoms with E-state index in [9.17, 15) is 10.2 Å². The maximum Gasteiger partial charge on any atom is 0.123 e. The molecule has 0 radical (unpaired) electrons. The van der Waals surface area contributed by atoms with Crippen LogP contribution in [0.15, 0.2) is 17.9 Å². The van der Waals surface area contributed by atoms with Gasteiger partial charge < -0.3 is 10.2 Å². The molecule has 0 unspecified atom stereocenters. The first-order valence-electron chi connectivity index (χ1n) is 7.36. The fourth-order valence-corrected chi connectivity index (χ4v) is 6.33. The maximum atomic E-state index is 10.3. The summed E-state index contributed by atoms with van der Waals surface area (Å²) >= 11 is 14.6. The van der Waals surface area contributed by atoms with Gasteiger partial charge in [-0.05, 0) is 38.8 Å². The maximum absolute atomic E-state index is 10.3. The second kappa shape index (κ2) is 7.29. The van der Waals surface area contributed by atoms with Crippen molar-refractivity contribution in [2.45, 2.75) is 40.5 Å². The highest BCUT2D eigenvalue weighted by molar-refractivity contribution is 9.11. The smallest absolute Gasteiger partial charge is 0.123 e. The molecule has 2 aromatic carbocycles. The number of aromatic hydroxyl groups is 2. The minimum Gasteiger partial charge on any atom is -0.507 e. The Morgan fingerprint density at radius 1 is 0.583 bits per heavy atom. The van der Waals surface area contributed by atoms with Crippen LogP contribution >= 0.6 is 63.7 Å². The molecule has 24 heavy (non-hydrogen) atoms. The van der Waals surface area contributed by atoms with Crippen molar-refractivity contribution in [3.63, 3.8) is 0 Å². The van der Waals surface area contributed by atoms with Crippen molar-refractivity contribution in [1.82, 2.24) is 0 Å². The molecule has 0 heterocycles. The molecule has 0 bridgehead atoms. The zero-order valence-electron chi connectivity index (χ0n) is 14.0. The summed E-state index contributed by atoms with van der Waals surface area (Å²) in [5.41, 5.74) is 5.39. The van der Waals surface area contributed by atoms with Crippen LogP contribution < -0.4 is 0 Å². The van der Waals surface area contributed by atoms with Crippen LogP contribution in [0.5, 0.6) is 11.5 Å². The second-order valence-electron chi connectivity index (χ2n) is 6.00. The van der Waals surface area contributed by atoms with E-state index < -0.39 is 0 Å².